The Balaban J connectivity index is 1.20. The molecule has 9 heteroatoms. The Bertz CT molecular complexity index is 1230. The average molecular weight is 467 g/mol. The number of hydrogen-bond donors (Lipinski definition) is 2. The SMILES string of the molecule is Cc1cc2c(s1)Nc1ccccc1N=C2N1CCN(CCCCn2c(O)cn(C)c2=O)CC1. The van der Waals surface area contributed by atoms with Crippen molar-refractivity contribution in [2.24, 2.45) is 12.0 Å². The molecule has 2 aromatic heterocycles. The molecule has 5 rings (SSSR count). The van der Waals surface area contributed by atoms with Crippen molar-refractivity contribution in [3.05, 3.63) is 57.5 Å². The van der Waals surface area contributed by atoms with E-state index in [4.69, 9.17) is 4.99 Å². The van der Waals surface area contributed by atoms with Crippen molar-refractivity contribution in [1.82, 2.24) is 18.9 Å². The predicted octanol–water partition coefficient (Wildman–Crippen LogP) is 3.50. The number of piperazine rings is 1. The number of anilines is 2. The van der Waals surface area contributed by atoms with Crippen LogP contribution < -0.4 is 11.0 Å². The standard InChI is InChI=1S/C24H30N6O2S/c1-17-15-18-22(25-19-7-3-4-8-20(19)26-23(18)33-17)29-13-11-28(12-14-29)9-5-6-10-30-21(31)16-27(2)24(30)32/h3-4,7-8,15-16,26,31H,5-6,9-14H2,1-2H3. The van der Waals surface area contributed by atoms with Crippen molar-refractivity contribution in [2.75, 3.05) is 38.0 Å². The summed E-state index contributed by atoms with van der Waals surface area (Å²) in [7, 11) is 1.66. The highest BCUT2D eigenvalue weighted by Crippen LogP contribution is 2.39. The maximum Gasteiger partial charge on any atom is 0.330 e. The number of para-hydroxylation sites is 2. The van der Waals surface area contributed by atoms with Crippen LogP contribution in [0.2, 0.25) is 0 Å². The number of nitrogens with one attached hydrogen (secondary N) is 1. The van der Waals surface area contributed by atoms with Gasteiger partial charge in [-0.3, -0.25) is 14.0 Å². The Morgan fingerprint density at radius 3 is 2.64 bits per heavy atom. The normalized spacial score (nSPS) is 16.1. The minimum absolute atomic E-state index is 0.0411. The quantitative estimate of drug-likeness (QED) is 0.563. The van der Waals surface area contributed by atoms with E-state index in [1.165, 1.54) is 25.8 Å². The fraction of sp³-hybridized carbons (Fsp3) is 0.417. The summed E-state index contributed by atoms with van der Waals surface area (Å²) in [5.41, 5.74) is 3.06. The van der Waals surface area contributed by atoms with E-state index in [2.05, 4.69) is 40.2 Å². The largest absolute Gasteiger partial charge is 0.493 e. The van der Waals surface area contributed by atoms with E-state index in [0.717, 1.165) is 67.8 Å². The Labute approximate surface area is 197 Å². The third kappa shape index (κ3) is 4.43. The first kappa shape index (κ1) is 21.8. The van der Waals surface area contributed by atoms with Gasteiger partial charge in [0.05, 0.1) is 23.1 Å². The Kier molecular flexibility index (Phi) is 5.99. The van der Waals surface area contributed by atoms with Gasteiger partial charge in [-0.05, 0) is 44.5 Å². The zero-order valence-corrected chi connectivity index (χ0v) is 19.9. The molecule has 0 spiro atoms. The van der Waals surface area contributed by atoms with E-state index >= 15 is 0 Å². The second-order valence-electron chi connectivity index (χ2n) is 8.75. The monoisotopic (exact) mass is 466 g/mol. The van der Waals surface area contributed by atoms with Gasteiger partial charge in [-0.1, -0.05) is 12.1 Å². The Morgan fingerprint density at radius 1 is 1.12 bits per heavy atom. The van der Waals surface area contributed by atoms with Gasteiger partial charge in [0.25, 0.3) is 0 Å². The lowest BCUT2D eigenvalue weighted by molar-refractivity contribution is 0.179. The maximum absolute atomic E-state index is 12.0. The van der Waals surface area contributed by atoms with Crippen LogP contribution in [-0.4, -0.2) is 62.6 Å². The van der Waals surface area contributed by atoms with Crippen molar-refractivity contribution in [2.45, 2.75) is 26.3 Å². The number of fused-ring (bicyclic) bond motifs is 2. The van der Waals surface area contributed by atoms with E-state index in [1.807, 2.05) is 12.1 Å². The molecule has 3 aromatic rings. The van der Waals surface area contributed by atoms with Crippen LogP contribution in [0.4, 0.5) is 16.4 Å². The molecular weight excluding hydrogens is 436 g/mol. The molecule has 1 aromatic carbocycles. The summed E-state index contributed by atoms with van der Waals surface area (Å²) in [4.78, 5) is 23.2. The molecule has 174 valence electrons. The van der Waals surface area contributed by atoms with Crippen molar-refractivity contribution < 1.29 is 5.11 Å². The lowest BCUT2D eigenvalue weighted by atomic mass is 10.2. The number of benzene rings is 1. The van der Waals surface area contributed by atoms with E-state index in [-0.39, 0.29) is 11.6 Å². The molecule has 8 nitrogen and oxygen atoms in total. The molecule has 1 saturated heterocycles. The van der Waals surface area contributed by atoms with Crippen LogP contribution in [0.5, 0.6) is 5.88 Å². The topological polar surface area (TPSA) is 78.0 Å². The first-order valence-electron chi connectivity index (χ1n) is 11.5. The molecule has 0 unspecified atom stereocenters. The summed E-state index contributed by atoms with van der Waals surface area (Å²) in [5, 5.41) is 14.6. The highest BCUT2D eigenvalue weighted by atomic mass is 32.1. The van der Waals surface area contributed by atoms with Crippen LogP contribution in [0.15, 0.2) is 46.3 Å². The number of unbranched alkanes of at least 4 members (excludes halogenated alkanes) is 1. The number of aliphatic imine (C=N–C) groups is 1. The van der Waals surface area contributed by atoms with E-state index < -0.39 is 0 Å². The zero-order chi connectivity index (χ0) is 22.9. The van der Waals surface area contributed by atoms with Gasteiger partial charge in [0.1, 0.15) is 10.8 Å². The first-order chi connectivity index (χ1) is 16.0. The third-order valence-corrected chi connectivity index (χ3v) is 7.34. The summed E-state index contributed by atoms with van der Waals surface area (Å²) in [5.74, 6) is 1.10. The van der Waals surface area contributed by atoms with Gasteiger partial charge in [-0.2, -0.15) is 0 Å². The smallest absolute Gasteiger partial charge is 0.330 e. The number of amidine groups is 1. The molecule has 0 bridgehead atoms. The number of nitrogens with zero attached hydrogens (tertiary/aromatic N) is 5. The van der Waals surface area contributed by atoms with Gasteiger partial charge in [-0.15, -0.1) is 11.3 Å². The molecule has 0 aliphatic carbocycles. The number of aryl methyl sites for hydroxylation is 2. The van der Waals surface area contributed by atoms with Crippen LogP contribution in [0.3, 0.4) is 0 Å². The highest BCUT2D eigenvalue weighted by Gasteiger charge is 2.26. The summed E-state index contributed by atoms with van der Waals surface area (Å²) >= 11 is 1.78. The first-order valence-corrected chi connectivity index (χ1v) is 12.3. The molecule has 33 heavy (non-hydrogen) atoms. The molecule has 2 aliphatic heterocycles. The lowest BCUT2D eigenvalue weighted by Gasteiger charge is -2.36. The van der Waals surface area contributed by atoms with Gasteiger partial charge in [-0.25, -0.2) is 9.79 Å². The molecule has 1 fully saturated rings. The van der Waals surface area contributed by atoms with Gasteiger partial charge < -0.3 is 15.3 Å². The van der Waals surface area contributed by atoms with Crippen LogP contribution in [0.25, 0.3) is 0 Å². The van der Waals surface area contributed by atoms with Crippen LogP contribution in [0, 0.1) is 6.92 Å². The molecule has 2 aliphatic rings. The Hall–Kier alpha value is -3.04. The van der Waals surface area contributed by atoms with E-state index in [0.29, 0.717) is 6.54 Å². The van der Waals surface area contributed by atoms with Crippen molar-refractivity contribution >= 4 is 33.5 Å². The fourth-order valence-corrected chi connectivity index (χ4v) is 5.49. The predicted molar refractivity (Wildman–Crippen MR) is 134 cm³/mol. The number of imidazole rings is 1. The summed E-state index contributed by atoms with van der Waals surface area (Å²) in [6, 6.07) is 10.5. The Morgan fingerprint density at radius 2 is 1.88 bits per heavy atom. The number of aromatic nitrogens is 2. The molecule has 0 atom stereocenters. The van der Waals surface area contributed by atoms with Crippen LogP contribution in [-0.2, 0) is 13.6 Å². The number of aromatic hydroxyl groups is 1. The third-order valence-electron chi connectivity index (χ3n) is 6.37. The zero-order valence-electron chi connectivity index (χ0n) is 19.1. The molecule has 0 saturated carbocycles. The van der Waals surface area contributed by atoms with Gasteiger partial charge in [0, 0.05) is 44.6 Å². The minimum Gasteiger partial charge on any atom is -0.493 e. The number of thiophene rings is 1. The number of rotatable bonds is 5. The second-order valence-corrected chi connectivity index (χ2v) is 10.0. The minimum atomic E-state index is -0.163. The van der Waals surface area contributed by atoms with Gasteiger partial charge in [0.15, 0.2) is 0 Å². The summed E-state index contributed by atoms with van der Waals surface area (Å²) < 4.78 is 2.85. The molecule has 2 N–H and O–H groups in total. The second kappa shape index (κ2) is 9.07. The van der Waals surface area contributed by atoms with Gasteiger partial charge >= 0.3 is 5.69 Å². The van der Waals surface area contributed by atoms with Crippen LogP contribution >= 0.6 is 11.3 Å². The molecule has 4 heterocycles. The fourth-order valence-electron chi connectivity index (χ4n) is 4.57. The van der Waals surface area contributed by atoms with Gasteiger partial charge in [0.2, 0.25) is 5.88 Å². The van der Waals surface area contributed by atoms with Crippen molar-refractivity contribution in [3.63, 3.8) is 0 Å². The number of hydrogen-bond acceptors (Lipinski definition) is 7. The molecule has 0 radical (unpaired) electrons. The lowest BCUT2D eigenvalue weighted by Crippen LogP contribution is -2.49. The van der Waals surface area contributed by atoms with Crippen LogP contribution in [0.1, 0.15) is 23.3 Å². The average Bonchev–Trinajstić information content (AvgIpc) is 3.23. The van der Waals surface area contributed by atoms with E-state index in [1.54, 1.807) is 18.4 Å². The highest BCUT2D eigenvalue weighted by molar-refractivity contribution is 7.16. The van der Waals surface area contributed by atoms with Crippen molar-refractivity contribution in [3.8, 4) is 5.88 Å². The van der Waals surface area contributed by atoms with Crippen molar-refractivity contribution in [1.29, 1.82) is 0 Å². The van der Waals surface area contributed by atoms with E-state index in [9.17, 15) is 9.90 Å². The molecular formula is C24H30N6O2S. The summed E-state index contributed by atoms with van der Waals surface area (Å²) in [6.07, 6.45) is 3.32. The molecule has 0 amide bonds. The maximum atomic E-state index is 12.0. The summed E-state index contributed by atoms with van der Waals surface area (Å²) in [6.45, 7) is 7.55.